The Hall–Kier alpha value is -0.410. The van der Waals surface area contributed by atoms with Gasteiger partial charge in [-0.25, -0.2) is 0 Å². The standard InChI is InChI=1S/C10H14BrNO/c11-6-2-4-8-13-9-10-5-1-3-7-12-10/h1,3,5,7H,2,4,6,8-9H2. The van der Waals surface area contributed by atoms with Gasteiger partial charge < -0.3 is 4.74 Å². The Labute approximate surface area is 87.5 Å². The lowest BCUT2D eigenvalue weighted by Gasteiger charge is -2.01. The number of ether oxygens (including phenoxy) is 1. The first kappa shape index (κ1) is 10.7. The van der Waals surface area contributed by atoms with Crippen LogP contribution in [0.1, 0.15) is 18.5 Å². The molecule has 1 rings (SSSR count). The Balaban J connectivity index is 2.07. The van der Waals surface area contributed by atoms with Gasteiger partial charge in [-0.1, -0.05) is 22.0 Å². The molecule has 0 aliphatic heterocycles. The number of rotatable bonds is 6. The lowest BCUT2D eigenvalue weighted by atomic mass is 10.3. The van der Waals surface area contributed by atoms with Crippen molar-refractivity contribution in [2.75, 3.05) is 11.9 Å². The minimum Gasteiger partial charge on any atom is -0.375 e. The molecule has 1 heterocycles. The molecule has 0 spiro atoms. The second kappa shape index (κ2) is 7.04. The lowest BCUT2D eigenvalue weighted by Crippen LogP contribution is -1.97. The number of aromatic nitrogens is 1. The van der Waals surface area contributed by atoms with E-state index in [4.69, 9.17) is 4.74 Å². The topological polar surface area (TPSA) is 22.1 Å². The maximum Gasteiger partial charge on any atom is 0.0887 e. The molecule has 0 atom stereocenters. The van der Waals surface area contributed by atoms with Crippen LogP contribution in [0, 0.1) is 0 Å². The van der Waals surface area contributed by atoms with E-state index in [-0.39, 0.29) is 0 Å². The molecule has 0 aliphatic rings. The van der Waals surface area contributed by atoms with E-state index in [1.165, 1.54) is 6.42 Å². The Morgan fingerprint density at radius 1 is 1.31 bits per heavy atom. The van der Waals surface area contributed by atoms with Gasteiger partial charge >= 0.3 is 0 Å². The normalized spacial score (nSPS) is 10.2. The predicted octanol–water partition coefficient (Wildman–Crippen LogP) is 2.77. The maximum atomic E-state index is 5.44. The van der Waals surface area contributed by atoms with Crippen molar-refractivity contribution in [3.05, 3.63) is 30.1 Å². The van der Waals surface area contributed by atoms with Gasteiger partial charge in [-0.2, -0.15) is 0 Å². The van der Waals surface area contributed by atoms with Crippen molar-refractivity contribution >= 4 is 15.9 Å². The van der Waals surface area contributed by atoms with Gasteiger partial charge in [0, 0.05) is 18.1 Å². The summed E-state index contributed by atoms with van der Waals surface area (Å²) in [5.41, 5.74) is 1.00. The van der Waals surface area contributed by atoms with Gasteiger partial charge in [0.05, 0.1) is 12.3 Å². The molecule has 0 fully saturated rings. The minimum absolute atomic E-state index is 0.628. The van der Waals surface area contributed by atoms with Crippen LogP contribution < -0.4 is 0 Å². The summed E-state index contributed by atoms with van der Waals surface area (Å²) in [6.45, 7) is 1.45. The number of nitrogens with zero attached hydrogens (tertiary/aromatic N) is 1. The maximum absolute atomic E-state index is 5.44. The van der Waals surface area contributed by atoms with Gasteiger partial charge in [-0.15, -0.1) is 0 Å². The van der Waals surface area contributed by atoms with Gasteiger partial charge in [0.25, 0.3) is 0 Å². The largest absolute Gasteiger partial charge is 0.375 e. The van der Waals surface area contributed by atoms with Crippen LogP contribution in [0.15, 0.2) is 24.4 Å². The van der Waals surface area contributed by atoms with Crippen LogP contribution in [0.2, 0.25) is 0 Å². The average Bonchev–Trinajstić information content (AvgIpc) is 2.19. The molecule has 0 saturated heterocycles. The fourth-order valence-corrected chi connectivity index (χ4v) is 1.36. The number of hydrogen-bond donors (Lipinski definition) is 0. The lowest BCUT2D eigenvalue weighted by molar-refractivity contribution is 0.116. The fraction of sp³-hybridized carbons (Fsp3) is 0.500. The van der Waals surface area contributed by atoms with Crippen molar-refractivity contribution < 1.29 is 4.74 Å². The number of unbranched alkanes of at least 4 members (excludes halogenated alkanes) is 1. The predicted molar refractivity (Wildman–Crippen MR) is 56.9 cm³/mol. The molecule has 0 aromatic carbocycles. The first-order valence-corrected chi connectivity index (χ1v) is 5.59. The van der Waals surface area contributed by atoms with Crippen LogP contribution >= 0.6 is 15.9 Å². The summed E-state index contributed by atoms with van der Waals surface area (Å²) in [6, 6.07) is 5.86. The zero-order valence-electron chi connectivity index (χ0n) is 7.58. The highest BCUT2D eigenvalue weighted by atomic mass is 79.9. The number of halogens is 1. The Morgan fingerprint density at radius 2 is 2.23 bits per heavy atom. The summed E-state index contributed by atoms with van der Waals surface area (Å²) in [4.78, 5) is 4.16. The SMILES string of the molecule is BrCCCCOCc1ccccn1. The van der Waals surface area contributed by atoms with E-state index in [1.807, 2.05) is 18.2 Å². The van der Waals surface area contributed by atoms with E-state index in [0.29, 0.717) is 6.61 Å². The molecule has 0 aliphatic carbocycles. The molecule has 3 heteroatoms. The molecule has 72 valence electrons. The zero-order valence-corrected chi connectivity index (χ0v) is 9.16. The molecule has 0 N–H and O–H groups in total. The smallest absolute Gasteiger partial charge is 0.0887 e. The molecule has 0 saturated carbocycles. The van der Waals surface area contributed by atoms with E-state index in [1.54, 1.807) is 6.20 Å². The summed E-state index contributed by atoms with van der Waals surface area (Å²) < 4.78 is 5.44. The fourth-order valence-electron chi connectivity index (χ4n) is 0.959. The number of hydrogen-bond acceptors (Lipinski definition) is 2. The second-order valence-electron chi connectivity index (χ2n) is 2.77. The van der Waals surface area contributed by atoms with E-state index in [2.05, 4.69) is 20.9 Å². The van der Waals surface area contributed by atoms with Gasteiger partial charge in [0.2, 0.25) is 0 Å². The van der Waals surface area contributed by atoms with Crippen molar-refractivity contribution in [2.24, 2.45) is 0 Å². The highest BCUT2D eigenvalue weighted by Crippen LogP contribution is 1.99. The molecular formula is C10H14BrNO. The molecule has 0 bridgehead atoms. The average molecular weight is 244 g/mol. The van der Waals surface area contributed by atoms with E-state index >= 15 is 0 Å². The van der Waals surface area contributed by atoms with Crippen molar-refractivity contribution in [2.45, 2.75) is 19.4 Å². The van der Waals surface area contributed by atoms with E-state index < -0.39 is 0 Å². The minimum atomic E-state index is 0.628. The molecule has 0 radical (unpaired) electrons. The second-order valence-corrected chi connectivity index (χ2v) is 3.56. The molecule has 1 aromatic heterocycles. The van der Waals surface area contributed by atoms with Crippen molar-refractivity contribution in [3.8, 4) is 0 Å². The van der Waals surface area contributed by atoms with Gasteiger partial charge in [-0.05, 0) is 25.0 Å². The highest BCUT2D eigenvalue weighted by molar-refractivity contribution is 9.09. The Bertz CT molecular complexity index is 215. The summed E-state index contributed by atoms with van der Waals surface area (Å²) in [6.07, 6.45) is 4.07. The van der Waals surface area contributed by atoms with Gasteiger partial charge in [0.15, 0.2) is 0 Å². The van der Waals surface area contributed by atoms with Gasteiger partial charge in [-0.3, -0.25) is 4.98 Å². The van der Waals surface area contributed by atoms with Crippen LogP contribution in [-0.4, -0.2) is 16.9 Å². The Kier molecular flexibility index (Phi) is 5.78. The van der Waals surface area contributed by atoms with E-state index in [9.17, 15) is 0 Å². The molecule has 0 amide bonds. The van der Waals surface area contributed by atoms with E-state index in [0.717, 1.165) is 24.1 Å². The van der Waals surface area contributed by atoms with Crippen LogP contribution in [0.4, 0.5) is 0 Å². The number of pyridine rings is 1. The monoisotopic (exact) mass is 243 g/mol. The third-order valence-corrected chi connectivity index (χ3v) is 2.21. The number of alkyl halides is 1. The third kappa shape index (κ3) is 5.01. The van der Waals surface area contributed by atoms with Crippen molar-refractivity contribution in [1.82, 2.24) is 4.98 Å². The summed E-state index contributed by atoms with van der Waals surface area (Å²) in [7, 11) is 0. The molecule has 13 heavy (non-hydrogen) atoms. The molecule has 0 unspecified atom stereocenters. The molecule has 1 aromatic rings. The van der Waals surface area contributed by atoms with Crippen LogP contribution in [0.25, 0.3) is 0 Å². The summed E-state index contributed by atoms with van der Waals surface area (Å²) >= 11 is 3.38. The van der Waals surface area contributed by atoms with Crippen LogP contribution in [-0.2, 0) is 11.3 Å². The van der Waals surface area contributed by atoms with Crippen molar-refractivity contribution in [1.29, 1.82) is 0 Å². The quantitative estimate of drug-likeness (QED) is 0.567. The summed E-state index contributed by atoms with van der Waals surface area (Å²) in [5, 5.41) is 1.06. The molecular weight excluding hydrogens is 230 g/mol. The first-order valence-electron chi connectivity index (χ1n) is 4.47. The molecule has 2 nitrogen and oxygen atoms in total. The highest BCUT2D eigenvalue weighted by Gasteiger charge is 1.92. The van der Waals surface area contributed by atoms with Gasteiger partial charge in [0.1, 0.15) is 0 Å². The summed E-state index contributed by atoms with van der Waals surface area (Å²) in [5.74, 6) is 0. The van der Waals surface area contributed by atoms with Crippen molar-refractivity contribution in [3.63, 3.8) is 0 Å². The van der Waals surface area contributed by atoms with Crippen LogP contribution in [0.3, 0.4) is 0 Å². The van der Waals surface area contributed by atoms with Crippen LogP contribution in [0.5, 0.6) is 0 Å². The first-order chi connectivity index (χ1) is 6.43. The third-order valence-electron chi connectivity index (χ3n) is 1.65. The Morgan fingerprint density at radius 3 is 2.92 bits per heavy atom. The zero-order chi connectivity index (χ0) is 9.36.